The number of hydrogen-bond donors (Lipinski definition) is 0. The van der Waals surface area contributed by atoms with Gasteiger partial charge in [0.15, 0.2) is 5.76 Å². The van der Waals surface area contributed by atoms with E-state index in [0.29, 0.717) is 51.4 Å². The molecule has 7 heteroatoms. The zero-order valence-corrected chi connectivity index (χ0v) is 18.2. The van der Waals surface area contributed by atoms with Crippen molar-refractivity contribution in [1.29, 1.82) is 5.26 Å². The molecule has 4 aliphatic carbocycles. The van der Waals surface area contributed by atoms with E-state index < -0.39 is 0 Å². The molecule has 4 bridgehead atoms. The molecule has 1 aliphatic heterocycles. The van der Waals surface area contributed by atoms with Crippen LogP contribution in [0.1, 0.15) is 55.5 Å². The lowest BCUT2D eigenvalue weighted by molar-refractivity contribution is -0.152. The van der Waals surface area contributed by atoms with Crippen LogP contribution in [-0.2, 0) is 4.79 Å². The Kier molecular flexibility index (Phi) is 5.51. The van der Waals surface area contributed by atoms with Crippen molar-refractivity contribution in [2.45, 2.75) is 50.5 Å². The Hall–Kier alpha value is -2.33. The predicted molar refractivity (Wildman–Crippen MR) is 114 cm³/mol. The van der Waals surface area contributed by atoms with E-state index >= 15 is 0 Å². The van der Waals surface area contributed by atoms with Crippen LogP contribution in [0.3, 0.4) is 0 Å². The molecule has 0 atom stereocenters. The molecule has 4 saturated carbocycles. The number of carbonyl (C=O) groups excluding carboxylic acids is 2. The molecule has 0 aromatic carbocycles. The maximum Gasteiger partial charge on any atom is 0.289 e. The fourth-order valence-corrected chi connectivity index (χ4v) is 7.13. The third kappa shape index (κ3) is 3.98. The van der Waals surface area contributed by atoms with Crippen LogP contribution in [0.4, 0.5) is 0 Å². The maximum absolute atomic E-state index is 13.5. The van der Waals surface area contributed by atoms with E-state index in [1.54, 1.807) is 17.0 Å². The molecule has 2 heterocycles. The molecule has 1 aromatic rings. The number of hydrogen-bond acceptors (Lipinski definition) is 5. The summed E-state index contributed by atoms with van der Waals surface area (Å²) >= 11 is 0. The van der Waals surface area contributed by atoms with Gasteiger partial charge in [-0.05, 0) is 68.4 Å². The van der Waals surface area contributed by atoms with Gasteiger partial charge < -0.3 is 14.2 Å². The minimum absolute atomic E-state index is 0.0141. The first kappa shape index (κ1) is 20.6. The molecule has 1 aromatic heterocycles. The van der Waals surface area contributed by atoms with Gasteiger partial charge in [0.1, 0.15) is 0 Å². The van der Waals surface area contributed by atoms with Crippen LogP contribution in [0.25, 0.3) is 0 Å². The molecule has 1 saturated heterocycles. The van der Waals surface area contributed by atoms with Gasteiger partial charge in [-0.2, -0.15) is 5.26 Å². The molecule has 0 N–H and O–H groups in total. The average Bonchev–Trinajstić information content (AvgIpc) is 3.28. The van der Waals surface area contributed by atoms with Crippen LogP contribution in [0, 0.1) is 29.1 Å². The lowest BCUT2D eigenvalue weighted by Crippen LogP contribution is -2.63. The van der Waals surface area contributed by atoms with Gasteiger partial charge in [0, 0.05) is 38.3 Å². The van der Waals surface area contributed by atoms with Crippen LogP contribution in [0.5, 0.6) is 0 Å². The van der Waals surface area contributed by atoms with Crippen LogP contribution in [0.15, 0.2) is 22.8 Å². The zero-order valence-electron chi connectivity index (χ0n) is 18.2. The number of piperazine rings is 1. The van der Waals surface area contributed by atoms with E-state index in [9.17, 15) is 14.9 Å². The fraction of sp³-hybridized carbons (Fsp3) is 0.708. The average molecular weight is 425 g/mol. The number of carbonyl (C=O) groups is 2. The number of furan rings is 1. The van der Waals surface area contributed by atoms with Crippen molar-refractivity contribution >= 4 is 11.8 Å². The summed E-state index contributed by atoms with van der Waals surface area (Å²) in [6, 6.07) is 5.68. The lowest BCUT2D eigenvalue weighted by atomic mass is 9.52. The van der Waals surface area contributed by atoms with Crippen molar-refractivity contribution in [2.24, 2.45) is 17.8 Å². The standard InChI is InChI=1S/C24H32N4O3/c25-4-2-5-28(24-14-18-11-19(15-24)13-20(12-18)16-24)22(29)17-26-6-8-27(9-7-26)23(30)21-3-1-10-31-21/h1,3,10,18-20H,2,5-9,11-17H2. The maximum atomic E-state index is 13.5. The van der Waals surface area contributed by atoms with E-state index in [2.05, 4.69) is 15.9 Å². The summed E-state index contributed by atoms with van der Waals surface area (Å²) in [7, 11) is 0. The smallest absolute Gasteiger partial charge is 0.289 e. The Labute approximate surface area is 183 Å². The summed E-state index contributed by atoms with van der Waals surface area (Å²) in [6.45, 7) is 3.51. The first-order valence-electron chi connectivity index (χ1n) is 11.8. The SMILES string of the molecule is N#CCCN(C(=O)CN1CCN(C(=O)c2ccco2)CC1)C12CC3CC(CC(C3)C1)C2. The summed E-state index contributed by atoms with van der Waals surface area (Å²) in [5.41, 5.74) is -0.0141. The van der Waals surface area contributed by atoms with Crippen molar-refractivity contribution in [2.75, 3.05) is 39.3 Å². The summed E-state index contributed by atoms with van der Waals surface area (Å²) < 4.78 is 5.23. The fourth-order valence-electron chi connectivity index (χ4n) is 7.13. The van der Waals surface area contributed by atoms with Crippen LogP contribution >= 0.6 is 0 Å². The number of amides is 2. The second-order valence-corrected chi connectivity index (χ2v) is 10.1. The second-order valence-electron chi connectivity index (χ2n) is 10.1. The largest absolute Gasteiger partial charge is 0.459 e. The van der Waals surface area contributed by atoms with E-state index in [4.69, 9.17) is 4.42 Å². The van der Waals surface area contributed by atoms with Gasteiger partial charge in [-0.25, -0.2) is 0 Å². The highest BCUT2D eigenvalue weighted by atomic mass is 16.3. The predicted octanol–water partition coefficient (Wildman–Crippen LogP) is 2.75. The molecular formula is C24H32N4O3. The van der Waals surface area contributed by atoms with Gasteiger partial charge in [0.2, 0.25) is 5.91 Å². The molecule has 0 spiro atoms. The first-order valence-corrected chi connectivity index (χ1v) is 11.8. The minimum Gasteiger partial charge on any atom is -0.459 e. The normalized spacial score (nSPS) is 32.1. The number of nitrogens with zero attached hydrogens (tertiary/aromatic N) is 4. The summed E-state index contributed by atoms with van der Waals surface area (Å²) in [5.74, 6) is 2.75. The van der Waals surface area contributed by atoms with Crippen molar-refractivity contribution in [3.63, 3.8) is 0 Å². The van der Waals surface area contributed by atoms with Crippen molar-refractivity contribution < 1.29 is 14.0 Å². The highest BCUT2D eigenvalue weighted by Crippen LogP contribution is 2.57. The lowest BCUT2D eigenvalue weighted by Gasteiger charge is -2.60. The first-order chi connectivity index (χ1) is 15.1. The molecule has 7 nitrogen and oxygen atoms in total. The molecular weight excluding hydrogens is 392 g/mol. The quantitative estimate of drug-likeness (QED) is 0.701. The Balaban J connectivity index is 1.22. The van der Waals surface area contributed by atoms with Gasteiger partial charge >= 0.3 is 0 Å². The third-order valence-electron chi connectivity index (χ3n) is 8.08. The highest BCUT2D eigenvalue weighted by Gasteiger charge is 2.54. The van der Waals surface area contributed by atoms with E-state index in [1.165, 1.54) is 25.5 Å². The van der Waals surface area contributed by atoms with Crippen LogP contribution in [-0.4, -0.2) is 71.3 Å². The van der Waals surface area contributed by atoms with Gasteiger partial charge in [-0.15, -0.1) is 0 Å². The monoisotopic (exact) mass is 424 g/mol. The van der Waals surface area contributed by atoms with Crippen molar-refractivity contribution in [1.82, 2.24) is 14.7 Å². The van der Waals surface area contributed by atoms with Gasteiger partial charge in [-0.1, -0.05) is 0 Å². The van der Waals surface area contributed by atoms with Gasteiger partial charge in [0.05, 0.1) is 25.3 Å². The van der Waals surface area contributed by atoms with E-state index in [-0.39, 0.29) is 17.4 Å². The Morgan fingerprint density at radius 1 is 1.10 bits per heavy atom. The number of rotatable bonds is 6. The third-order valence-corrected chi connectivity index (χ3v) is 8.08. The van der Waals surface area contributed by atoms with Crippen LogP contribution in [0.2, 0.25) is 0 Å². The molecule has 0 unspecified atom stereocenters. The zero-order chi connectivity index (χ0) is 21.4. The number of nitriles is 1. The summed E-state index contributed by atoms with van der Waals surface area (Å²) in [4.78, 5) is 32.1. The topological polar surface area (TPSA) is 80.8 Å². The van der Waals surface area contributed by atoms with Gasteiger partial charge in [0.25, 0.3) is 5.91 Å². The molecule has 2 amide bonds. The Morgan fingerprint density at radius 2 is 1.74 bits per heavy atom. The summed E-state index contributed by atoms with van der Waals surface area (Å²) in [5, 5.41) is 9.22. The van der Waals surface area contributed by atoms with Gasteiger partial charge in [-0.3, -0.25) is 14.5 Å². The summed E-state index contributed by atoms with van der Waals surface area (Å²) in [6.07, 6.45) is 9.31. The highest BCUT2D eigenvalue weighted by molar-refractivity contribution is 5.91. The van der Waals surface area contributed by atoms with E-state index in [0.717, 1.165) is 37.0 Å². The second kappa shape index (κ2) is 8.31. The molecule has 31 heavy (non-hydrogen) atoms. The molecule has 6 rings (SSSR count). The Morgan fingerprint density at radius 3 is 2.29 bits per heavy atom. The van der Waals surface area contributed by atoms with Crippen LogP contribution < -0.4 is 0 Å². The molecule has 5 aliphatic rings. The minimum atomic E-state index is -0.0832. The molecule has 166 valence electrons. The van der Waals surface area contributed by atoms with E-state index in [1.807, 2.05) is 0 Å². The van der Waals surface area contributed by atoms with Crippen molar-refractivity contribution in [3.05, 3.63) is 24.2 Å². The van der Waals surface area contributed by atoms with Crippen molar-refractivity contribution in [3.8, 4) is 6.07 Å². The molecule has 5 fully saturated rings. The molecule has 0 radical (unpaired) electrons. The Bertz CT molecular complexity index is 815.